The highest BCUT2D eigenvalue weighted by molar-refractivity contribution is 6.05. The molecule has 1 atom stereocenters. The molecule has 0 aromatic heterocycles. The molecule has 1 N–H and O–H groups in total. The van der Waals surface area contributed by atoms with Crippen LogP contribution in [0.15, 0.2) is 4.99 Å². The molecule has 3 heteroatoms. The third-order valence-electron chi connectivity index (χ3n) is 1.95. The first-order chi connectivity index (χ1) is 5.65. The van der Waals surface area contributed by atoms with Gasteiger partial charge in [-0.1, -0.05) is 20.8 Å². The molecule has 0 aliphatic carbocycles. The summed E-state index contributed by atoms with van der Waals surface area (Å²) >= 11 is 0. The first-order valence-electron chi connectivity index (χ1n) is 4.52. The fourth-order valence-electron chi connectivity index (χ4n) is 1.29. The predicted molar refractivity (Wildman–Crippen MR) is 49.1 cm³/mol. The van der Waals surface area contributed by atoms with Crippen molar-refractivity contribution >= 4 is 11.7 Å². The third-order valence-corrected chi connectivity index (χ3v) is 1.95. The maximum absolute atomic E-state index is 11.3. The lowest BCUT2D eigenvalue weighted by Crippen LogP contribution is -2.31. The molecule has 1 amide bonds. The van der Waals surface area contributed by atoms with Gasteiger partial charge in [-0.3, -0.25) is 9.79 Å². The molecule has 0 aromatic carbocycles. The Morgan fingerprint density at radius 2 is 2.25 bits per heavy atom. The van der Waals surface area contributed by atoms with Gasteiger partial charge in [0.2, 0.25) is 5.91 Å². The summed E-state index contributed by atoms with van der Waals surface area (Å²) in [6.45, 7) is 6.11. The van der Waals surface area contributed by atoms with E-state index in [0.717, 1.165) is 18.7 Å². The van der Waals surface area contributed by atoms with Crippen molar-refractivity contribution in [2.45, 2.75) is 39.7 Å². The second kappa shape index (κ2) is 3.70. The molecule has 1 aliphatic rings. The van der Waals surface area contributed by atoms with Crippen LogP contribution in [0.5, 0.6) is 0 Å². The summed E-state index contributed by atoms with van der Waals surface area (Å²) < 4.78 is 0. The zero-order valence-electron chi connectivity index (χ0n) is 7.92. The van der Waals surface area contributed by atoms with Gasteiger partial charge >= 0.3 is 0 Å². The lowest BCUT2D eigenvalue weighted by molar-refractivity contribution is -0.120. The average Bonchev–Trinajstić information content (AvgIpc) is 2.32. The van der Waals surface area contributed by atoms with Crippen LogP contribution in [0, 0.1) is 5.92 Å². The zero-order chi connectivity index (χ0) is 9.14. The Morgan fingerprint density at radius 1 is 1.58 bits per heavy atom. The number of rotatable bonds is 3. The molecular weight excluding hydrogens is 152 g/mol. The van der Waals surface area contributed by atoms with Gasteiger partial charge in [0, 0.05) is 6.42 Å². The molecule has 1 aliphatic heterocycles. The van der Waals surface area contributed by atoms with Crippen LogP contribution < -0.4 is 5.32 Å². The molecule has 68 valence electrons. The number of nitrogens with zero attached hydrogens (tertiary/aromatic N) is 1. The van der Waals surface area contributed by atoms with E-state index in [-0.39, 0.29) is 11.9 Å². The standard InChI is InChI=1S/C9H16N2O/c1-4-5-7-10-8(6(2)3)9(12)11-7/h6,8H,4-5H2,1-3H3,(H,10,11,12). The summed E-state index contributed by atoms with van der Waals surface area (Å²) in [7, 11) is 0. The molecule has 0 spiro atoms. The van der Waals surface area contributed by atoms with Crippen LogP contribution in [0.1, 0.15) is 33.6 Å². The van der Waals surface area contributed by atoms with Crippen LogP contribution >= 0.6 is 0 Å². The van der Waals surface area contributed by atoms with E-state index in [0.29, 0.717) is 5.92 Å². The van der Waals surface area contributed by atoms with E-state index < -0.39 is 0 Å². The summed E-state index contributed by atoms with van der Waals surface area (Å²) in [4.78, 5) is 15.6. The molecular formula is C9H16N2O. The largest absolute Gasteiger partial charge is 0.313 e. The van der Waals surface area contributed by atoms with Gasteiger partial charge in [0.05, 0.1) is 0 Å². The first kappa shape index (κ1) is 9.23. The number of amidine groups is 1. The molecule has 1 unspecified atom stereocenters. The summed E-state index contributed by atoms with van der Waals surface area (Å²) in [5, 5.41) is 2.80. The van der Waals surface area contributed by atoms with Crippen molar-refractivity contribution < 1.29 is 4.79 Å². The highest BCUT2D eigenvalue weighted by Crippen LogP contribution is 2.12. The minimum atomic E-state index is -0.147. The number of aliphatic imine (C=N–C) groups is 1. The van der Waals surface area contributed by atoms with Gasteiger partial charge in [-0.2, -0.15) is 0 Å². The third kappa shape index (κ3) is 1.84. The molecule has 0 fully saturated rings. The Labute approximate surface area is 73.3 Å². The van der Waals surface area contributed by atoms with Crippen molar-refractivity contribution in [3.63, 3.8) is 0 Å². The van der Waals surface area contributed by atoms with Gasteiger partial charge in [-0.15, -0.1) is 0 Å². The van der Waals surface area contributed by atoms with E-state index >= 15 is 0 Å². The predicted octanol–water partition coefficient (Wildman–Crippen LogP) is 1.34. The highest BCUT2D eigenvalue weighted by Gasteiger charge is 2.27. The van der Waals surface area contributed by atoms with Crippen molar-refractivity contribution in [2.75, 3.05) is 0 Å². The van der Waals surface area contributed by atoms with Crippen LogP contribution in [-0.2, 0) is 4.79 Å². The summed E-state index contributed by atoms with van der Waals surface area (Å²) in [5.74, 6) is 1.23. The van der Waals surface area contributed by atoms with Crippen molar-refractivity contribution in [1.82, 2.24) is 5.32 Å². The van der Waals surface area contributed by atoms with Crippen LogP contribution in [0.25, 0.3) is 0 Å². The van der Waals surface area contributed by atoms with Crippen molar-refractivity contribution in [2.24, 2.45) is 10.9 Å². The zero-order valence-corrected chi connectivity index (χ0v) is 7.92. The number of carbonyl (C=O) groups excluding carboxylic acids is 1. The molecule has 0 bridgehead atoms. The monoisotopic (exact) mass is 168 g/mol. The number of hydrogen-bond acceptors (Lipinski definition) is 2. The average molecular weight is 168 g/mol. The molecule has 3 nitrogen and oxygen atoms in total. The lowest BCUT2D eigenvalue weighted by Gasteiger charge is -2.06. The van der Waals surface area contributed by atoms with Gasteiger partial charge < -0.3 is 5.32 Å². The quantitative estimate of drug-likeness (QED) is 0.678. The first-order valence-corrected chi connectivity index (χ1v) is 4.52. The summed E-state index contributed by atoms with van der Waals surface area (Å²) in [6.07, 6.45) is 1.92. The molecule has 0 radical (unpaired) electrons. The van der Waals surface area contributed by atoms with Crippen LogP contribution in [0.4, 0.5) is 0 Å². The molecule has 12 heavy (non-hydrogen) atoms. The van der Waals surface area contributed by atoms with Gasteiger partial charge in [0.15, 0.2) is 0 Å². The van der Waals surface area contributed by atoms with Crippen molar-refractivity contribution in [1.29, 1.82) is 0 Å². The fraction of sp³-hybridized carbons (Fsp3) is 0.778. The number of nitrogens with one attached hydrogen (secondary N) is 1. The van der Waals surface area contributed by atoms with Gasteiger partial charge in [0.1, 0.15) is 11.9 Å². The number of carbonyl (C=O) groups is 1. The van der Waals surface area contributed by atoms with E-state index in [1.807, 2.05) is 13.8 Å². The van der Waals surface area contributed by atoms with Crippen LogP contribution in [0.3, 0.4) is 0 Å². The minimum Gasteiger partial charge on any atom is -0.313 e. The molecule has 1 rings (SSSR count). The number of amides is 1. The van der Waals surface area contributed by atoms with E-state index in [2.05, 4.69) is 17.2 Å². The summed E-state index contributed by atoms with van der Waals surface area (Å²) in [5.41, 5.74) is 0. The van der Waals surface area contributed by atoms with Crippen molar-refractivity contribution in [3.8, 4) is 0 Å². The van der Waals surface area contributed by atoms with E-state index in [1.165, 1.54) is 0 Å². The fourth-order valence-corrected chi connectivity index (χ4v) is 1.29. The van der Waals surface area contributed by atoms with Crippen LogP contribution in [0.2, 0.25) is 0 Å². The maximum atomic E-state index is 11.3. The molecule has 0 saturated carbocycles. The van der Waals surface area contributed by atoms with E-state index in [9.17, 15) is 4.79 Å². The Bertz CT molecular complexity index is 209. The Balaban J connectivity index is 2.60. The Kier molecular flexibility index (Phi) is 2.84. The maximum Gasteiger partial charge on any atom is 0.250 e. The minimum absolute atomic E-state index is 0.0634. The molecule has 0 saturated heterocycles. The summed E-state index contributed by atoms with van der Waals surface area (Å²) in [6, 6.07) is -0.147. The highest BCUT2D eigenvalue weighted by atomic mass is 16.2. The number of hydrogen-bond donors (Lipinski definition) is 1. The Hall–Kier alpha value is -0.860. The molecule has 0 aromatic rings. The van der Waals surface area contributed by atoms with Crippen LogP contribution in [-0.4, -0.2) is 17.8 Å². The second-order valence-electron chi connectivity index (χ2n) is 3.50. The van der Waals surface area contributed by atoms with Gasteiger partial charge in [-0.05, 0) is 12.3 Å². The second-order valence-corrected chi connectivity index (χ2v) is 3.50. The SMILES string of the molecule is CCCC1=NC(C(C)C)C(=O)N1. The van der Waals surface area contributed by atoms with Gasteiger partial charge in [-0.25, -0.2) is 0 Å². The Morgan fingerprint density at radius 3 is 2.67 bits per heavy atom. The normalized spacial score (nSPS) is 22.8. The van der Waals surface area contributed by atoms with E-state index in [1.54, 1.807) is 0 Å². The van der Waals surface area contributed by atoms with Gasteiger partial charge in [0.25, 0.3) is 0 Å². The smallest absolute Gasteiger partial charge is 0.250 e. The molecule has 1 heterocycles. The van der Waals surface area contributed by atoms with E-state index in [4.69, 9.17) is 0 Å². The van der Waals surface area contributed by atoms with Crippen molar-refractivity contribution in [3.05, 3.63) is 0 Å². The lowest BCUT2D eigenvalue weighted by atomic mass is 10.1. The topological polar surface area (TPSA) is 41.5 Å².